The first kappa shape index (κ1) is 12.3. The zero-order valence-corrected chi connectivity index (χ0v) is 9.14. The van der Waals surface area contributed by atoms with Gasteiger partial charge in [0.25, 0.3) is 0 Å². The van der Waals surface area contributed by atoms with Crippen LogP contribution in [0.2, 0.25) is 0 Å². The third-order valence-electron chi connectivity index (χ3n) is 2.20. The van der Waals surface area contributed by atoms with E-state index in [0.717, 1.165) is 5.56 Å². The van der Waals surface area contributed by atoms with E-state index >= 15 is 0 Å². The maximum Gasteiger partial charge on any atom is 0.243 e. The quantitative estimate of drug-likeness (QED) is 0.738. The smallest absolute Gasteiger partial charge is 0.243 e. The molecule has 0 spiro atoms. The van der Waals surface area contributed by atoms with E-state index in [1.807, 2.05) is 0 Å². The average Bonchev–Trinajstić information content (AvgIpc) is 2.31. The third-order valence-corrected chi connectivity index (χ3v) is 2.20. The van der Waals surface area contributed by atoms with Crippen molar-refractivity contribution < 1.29 is 14.6 Å². The number of benzene rings is 1. The summed E-state index contributed by atoms with van der Waals surface area (Å²) in [5, 5.41) is 11.8. The van der Waals surface area contributed by atoms with E-state index in [9.17, 15) is 4.79 Å². The van der Waals surface area contributed by atoms with Crippen LogP contribution < -0.4 is 5.32 Å². The second-order valence-corrected chi connectivity index (χ2v) is 3.27. The summed E-state index contributed by atoms with van der Waals surface area (Å²) in [5.74, 6) is -0.0328. The summed E-state index contributed by atoms with van der Waals surface area (Å²) in [6.07, 6.45) is 0.980. The summed E-state index contributed by atoms with van der Waals surface area (Å²) in [6.45, 7) is 3.73. The molecule has 16 heavy (non-hydrogen) atoms. The van der Waals surface area contributed by atoms with E-state index in [0.29, 0.717) is 6.54 Å². The summed E-state index contributed by atoms with van der Waals surface area (Å²) < 4.78 is 5.24. The van der Waals surface area contributed by atoms with Crippen molar-refractivity contribution in [3.05, 3.63) is 42.5 Å². The number of carbonyl (C=O) groups excluding carboxylic acids is 1. The van der Waals surface area contributed by atoms with Crippen LogP contribution in [0.1, 0.15) is 11.7 Å². The van der Waals surface area contributed by atoms with Crippen molar-refractivity contribution in [1.29, 1.82) is 0 Å². The Morgan fingerprint density at radius 1 is 1.56 bits per heavy atom. The van der Waals surface area contributed by atoms with Gasteiger partial charge in [-0.3, -0.25) is 4.79 Å². The molecule has 0 aliphatic heterocycles. The molecule has 1 amide bonds. The minimum atomic E-state index is -0.235. The van der Waals surface area contributed by atoms with Crippen molar-refractivity contribution in [2.75, 3.05) is 13.7 Å². The highest BCUT2D eigenvalue weighted by Crippen LogP contribution is 2.18. The summed E-state index contributed by atoms with van der Waals surface area (Å²) in [5.41, 5.74) is 0.893. The van der Waals surface area contributed by atoms with E-state index in [1.165, 1.54) is 6.08 Å². The maximum atomic E-state index is 11.0. The molecule has 0 saturated heterocycles. The number of phenolic OH excluding ortho intramolecular Hbond substituents is 1. The van der Waals surface area contributed by atoms with Crippen LogP contribution in [0.15, 0.2) is 36.9 Å². The van der Waals surface area contributed by atoms with E-state index in [2.05, 4.69) is 11.9 Å². The molecule has 4 heteroatoms. The summed E-state index contributed by atoms with van der Waals surface area (Å²) in [4.78, 5) is 11.0. The van der Waals surface area contributed by atoms with Gasteiger partial charge in [-0.15, -0.1) is 0 Å². The van der Waals surface area contributed by atoms with Gasteiger partial charge in [-0.25, -0.2) is 0 Å². The Bertz CT molecular complexity index is 359. The van der Waals surface area contributed by atoms with Crippen LogP contribution in [0.4, 0.5) is 0 Å². The number of nitrogens with one attached hydrogen (secondary N) is 1. The van der Waals surface area contributed by atoms with Crippen LogP contribution in [0.3, 0.4) is 0 Å². The molecule has 0 radical (unpaired) electrons. The fourth-order valence-electron chi connectivity index (χ4n) is 1.29. The normalized spacial score (nSPS) is 11.8. The molecule has 0 bridgehead atoms. The van der Waals surface area contributed by atoms with Crippen molar-refractivity contribution in [1.82, 2.24) is 5.32 Å². The highest BCUT2D eigenvalue weighted by molar-refractivity contribution is 5.86. The molecule has 86 valence electrons. The minimum absolute atomic E-state index is 0.203. The zero-order valence-electron chi connectivity index (χ0n) is 9.14. The molecule has 0 heterocycles. The molecular weight excluding hydrogens is 206 g/mol. The Balaban J connectivity index is 2.63. The molecule has 4 nitrogen and oxygen atoms in total. The largest absolute Gasteiger partial charge is 0.508 e. The third kappa shape index (κ3) is 3.40. The zero-order chi connectivity index (χ0) is 12.0. The Hall–Kier alpha value is -1.81. The van der Waals surface area contributed by atoms with E-state index < -0.39 is 0 Å². The first-order chi connectivity index (χ1) is 7.67. The fourth-order valence-corrected chi connectivity index (χ4v) is 1.29. The standard InChI is InChI=1S/C12H15NO3/c1-3-12(15)13-8-11(16-2)9-4-6-10(14)7-5-9/h3-7,11,14H,1,8H2,2H3,(H,13,15). The van der Waals surface area contributed by atoms with Gasteiger partial charge >= 0.3 is 0 Å². The highest BCUT2D eigenvalue weighted by Gasteiger charge is 2.10. The maximum absolute atomic E-state index is 11.0. The lowest BCUT2D eigenvalue weighted by Crippen LogP contribution is -2.27. The van der Waals surface area contributed by atoms with Crippen LogP contribution in [0.25, 0.3) is 0 Å². The van der Waals surface area contributed by atoms with Crippen LogP contribution >= 0.6 is 0 Å². The van der Waals surface area contributed by atoms with E-state index in [1.54, 1.807) is 31.4 Å². The number of methoxy groups -OCH3 is 1. The van der Waals surface area contributed by atoms with E-state index in [4.69, 9.17) is 9.84 Å². The Morgan fingerprint density at radius 2 is 2.19 bits per heavy atom. The number of carbonyl (C=O) groups is 1. The first-order valence-corrected chi connectivity index (χ1v) is 4.89. The molecule has 0 aliphatic rings. The van der Waals surface area contributed by atoms with Gasteiger partial charge < -0.3 is 15.2 Å². The number of amides is 1. The fraction of sp³-hybridized carbons (Fsp3) is 0.250. The van der Waals surface area contributed by atoms with Gasteiger partial charge in [-0.1, -0.05) is 18.7 Å². The molecule has 1 aromatic carbocycles. The van der Waals surface area contributed by atoms with Crippen molar-refractivity contribution >= 4 is 5.91 Å². The number of rotatable bonds is 5. The number of aromatic hydroxyl groups is 1. The van der Waals surface area contributed by atoms with Gasteiger partial charge in [-0.05, 0) is 23.8 Å². The van der Waals surface area contributed by atoms with Crippen molar-refractivity contribution in [3.63, 3.8) is 0 Å². The number of hydrogen-bond acceptors (Lipinski definition) is 3. The molecule has 0 fully saturated rings. The minimum Gasteiger partial charge on any atom is -0.508 e. The lowest BCUT2D eigenvalue weighted by Gasteiger charge is -2.15. The average molecular weight is 221 g/mol. The predicted octanol–water partition coefficient (Wildman–Crippen LogP) is 1.38. The molecule has 0 aromatic heterocycles. The second-order valence-electron chi connectivity index (χ2n) is 3.27. The van der Waals surface area contributed by atoms with Gasteiger partial charge in [0.15, 0.2) is 0 Å². The van der Waals surface area contributed by atoms with Crippen LogP contribution in [0.5, 0.6) is 5.75 Å². The summed E-state index contributed by atoms with van der Waals surface area (Å²) in [6, 6.07) is 6.67. The van der Waals surface area contributed by atoms with Crippen LogP contribution in [0, 0.1) is 0 Å². The molecule has 1 aromatic rings. The molecule has 1 unspecified atom stereocenters. The lowest BCUT2D eigenvalue weighted by atomic mass is 10.1. The van der Waals surface area contributed by atoms with Gasteiger partial charge in [0, 0.05) is 13.7 Å². The number of phenols is 1. The van der Waals surface area contributed by atoms with Crippen molar-refractivity contribution in [2.24, 2.45) is 0 Å². The summed E-state index contributed by atoms with van der Waals surface area (Å²) in [7, 11) is 1.57. The first-order valence-electron chi connectivity index (χ1n) is 4.89. The highest BCUT2D eigenvalue weighted by atomic mass is 16.5. The molecule has 2 N–H and O–H groups in total. The van der Waals surface area contributed by atoms with Gasteiger partial charge in [0.2, 0.25) is 5.91 Å². The van der Waals surface area contributed by atoms with Gasteiger partial charge in [0.05, 0.1) is 6.10 Å². The number of ether oxygens (including phenoxy) is 1. The SMILES string of the molecule is C=CC(=O)NCC(OC)c1ccc(O)cc1. The Labute approximate surface area is 94.6 Å². The van der Waals surface area contributed by atoms with Gasteiger partial charge in [-0.2, -0.15) is 0 Å². The van der Waals surface area contributed by atoms with Crippen LogP contribution in [-0.2, 0) is 9.53 Å². The lowest BCUT2D eigenvalue weighted by molar-refractivity contribution is -0.117. The van der Waals surface area contributed by atoms with Crippen molar-refractivity contribution in [2.45, 2.75) is 6.10 Å². The van der Waals surface area contributed by atoms with Crippen molar-refractivity contribution in [3.8, 4) is 5.75 Å². The molecular formula is C12H15NO3. The predicted molar refractivity (Wildman–Crippen MR) is 61.1 cm³/mol. The molecule has 0 saturated carbocycles. The monoisotopic (exact) mass is 221 g/mol. The molecule has 1 rings (SSSR count). The number of hydrogen-bond donors (Lipinski definition) is 2. The Kier molecular flexibility index (Phi) is 4.54. The topological polar surface area (TPSA) is 58.6 Å². The Morgan fingerprint density at radius 3 is 2.69 bits per heavy atom. The molecule has 1 atom stereocenters. The summed E-state index contributed by atoms with van der Waals surface area (Å²) >= 11 is 0. The second kappa shape index (κ2) is 5.92. The van der Waals surface area contributed by atoms with Crippen LogP contribution in [-0.4, -0.2) is 24.7 Å². The van der Waals surface area contributed by atoms with Gasteiger partial charge in [0.1, 0.15) is 5.75 Å². The molecule has 0 aliphatic carbocycles. The van der Waals surface area contributed by atoms with E-state index in [-0.39, 0.29) is 17.8 Å².